The Morgan fingerprint density at radius 3 is 2.50 bits per heavy atom. The predicted octanol–water partition coefficient (Wildman–Crippen LogP) is 4.18. The lowest BCUT2D eigenvalue weighted by molar-refractivity contribution is 0.103. The van der Waals surface area contributed by atoms with E-state index in [1.807, 2.05) is 26.0 Å². The van der Waals surface area contributed by atoms with Gasteiger partial charge in [0.05, 0.1) is 0 Å². The zero-order chi connectivity index (χ0) is 17.3. The molecule has 1 aliphatic rings. The topological polar surface area (TPSA) is 66.8 Å². The van der Waals surface area contributed by atoms with Crippen molar-refractivity contribution < 1.29 is 19.7 Å². The summed E-state index contributed by atoms with van der Waals surface area (Å²) in [6, 6.07) is 9.69. The van der Waals surface area contributed by atoms with E-state index >= 15 is 0 Å². The molecule has 0 bridgehead atoms. The van der Waals surface area contributed by atoms with E-state index in [0.717, 1.165) is 11.1 Å². The van der Waals surface area contributed by atoms with Crippen molar-refractivity contribution in [3.05, 3.63) is 65.2 Å². The maximum atomic E-state index is 12.6. The first-order valence-electron chi connectivity index (χ1n) is 7.61. The van der Waals surface area contributed by atoms with Crippen molar-refractivity contribution in [3.63, 3.8) is 0 Å². The number of ether oxygens (including phenoxy) is 1. The first-order valence-corrected chi connectivity index (χ1v) is 7.61. The molecule has 0 fully saturated rings. The van der Waals surface area contributed by atoms with Crippen LogP contribution in [0, 0.1) is 0 Å². The molecule has 4 heteroatoms. The Balaban J connectivity index is 1.96. The molecular weight excluding hydrogens is 304 g/mol. The summed E-state index contributed by atoms with van der Waals surface area (Å²) in [5, 5.41) is 19.4. The van der Waals surface area contributed by atoms with Crippen molar-refractivity contribution in [2.75, 3.05) is 0 Å². The first-order chi connectivity index (χ1) is 11.4. The standard InChI is InChI=1S/C20H18O4/c1-20(2)12-11-14-6-10-17(23)18(19(14)24-20)16(22)9-5-13-3-7-15(21)8-4-13/h3-12,21,23H,1-2H3/b9-5+. The van der Waals surface area contributed by atoms with Crippen molar-refractivity contribution in [1.82, 2.24) is 0 Å². The maximum Gasteiger partial charge on any atom is 0.193 e. The Labute approximate surface area is 140 Å². The third-order valence-corrected chi connectivity index (χ3v) is 3.76. The molecule has 4 nitrogen and oxygen atoms in total. The number of carbonyl (C=O) groups excluding carboxylic acids is 1. The van der Waals surface area contributed by atoms with Gasteiger partial charge in [0, 0.05) is 5.56 Å². The van der Waals surface area contributed by atoms with Gasteiger partial charge in [0.1, 0.15) is 28.4 Å². The van der Waals surface area contributed by atoms with Crippen LogP contribution in [0.4, 0.5) is 0 Å². The van der Waals surface area contributed by atoms with E-state index in [-0.39, 0.29) is 22.8 Å². The molecule has 2 aromatic rings. The highest BCUT2D eigenvalue weighted by Crippen LogP contribution is 2.38. The average molecular weight is 322 g/mol. The third-order valence-electron chi connectivity index (χ3n) is 3.76. The number of hydrogen-bond donors (Lipinski definition) is 2. The molecule has 24 heavy (non-hydrogen) atoms. The zero-order valence-corrected chi connectivity index (χ0v) is 13.5. The molecule has 3 rings (SSSR count). The van der Waals surface area contributed by atoms with Gasteiger partial charge in [-0.05, 0) is 55.8 Å². The number of ketones is 1. The van der Waals surface area contributed by atoms with Crippen LogP contribution in [0.15, 0.2) is 48.6 Å². The Morgan fingerprint density at radius 1 is 1.08 bits per heavy atom. The number of rotatable bonds is 3. The molecule has 1 heterocycles. The number of allylic oxidation sites excluding steroid dienone is 1. The smallest absolute Gasteiger partial charge is 0.193 e. The van der Waals surface area contributed by atoms with Gasteiger partial charge in [-0.25, -0.2) is 0 Å². The van der Waals surface area contributed by atoms with Gasteiger partial charge >= 0.3 is 0 Å². The molecule has 0 unspecified atom stereocenters. The number of carbonyl (C=O) groups is 1. The summed E-state index contributed by atoms with van der Waals surface area (Å²) in [6.45, 7) is 3.77. The van der Waals surface area contributed by atoms with E-state index in [9.17, 15) is 15.0 Å². The van der Waals surface area contributed by atoms with Gasteiger partial charge in [0.25, 0.3) is 0 Å². The Bertz CT molecular complexity index is 843. The molecule has 2 N–H and O–H groups in total. The molecule has 0 aliphatic carbocycles. The molecule has 0 saturated carbocycles. The van der Waals surface area contributed by atoms with Gasteiger partial charge in [-0.15, -0.1) is 0 Å². The van der Waals surface area contributed by atoms with Crippen LogP contribution in [0.5, 0.6) is 17.2 Å². The summed E-state index contributed by atoms with van der Waals surface area (Å²) in [5.41, 5.74) is 1.14. The Morgan fingerprint density at radius 2 is 1.79 bits per heavy atom. The number of hydrogen-bond acceptors (Lipinski definition) is 4. The SMILES string of the molecule is CC1(C)C=Cc2ccc(O)c(C(=O)/C=C/c3ccc(O)cc3)c2O1. The average Bonchev–Trinajstić information content (AvgIpc) is 2.53. The normalized spacial score (nSPS) is 15.1. The quantitative estimate of drug-likeness (QED) is 0.657. The summed E-state index contributed by atoms with van der Waals surface area (Å²) in [6.07, 6.45) is 6.81. The van der Waals surface area contributed by atoms with Crippen LogP contribution in [0.2, 0.25) is 0 Å². The minimum absolute atomic E-state index is 0.111. The number of aromatic hydroxyl groups is 2. The highest BCUT2D eigenvalue weighted by atomic mass is 16.5. The lowest BCUT2D eigenvalue weighted by Gasteiger charge is -2.29. The number of phenols is 2. The van der Waals surface area contributed by atoms with Crippen molar-refractivity contribution in [1.29, 1.82) is 0 Å². The van der Waals surface area contributed by atoms with E-state index in [1.165, 1.54) is 12.1 Å². The molecular formula is C20H18O4. The number of benzene rings is 2. The molecule has 0 aromatic heterocycles. The van der Waals surface area contributed by atoms with Crippen LogP contribution in [0.25, 0.3) is 12.2 Å². The zero-order valence-electron chi connectivity index (χ0n) is 13.5. The molecule has 1 aliphatic heterocycles. The fourth-order valence-corrected chi connectivity index (χ4v) is 2.50. The van der Waals surface area contributed by atoms with E-state index < -0.39 is 5.60 Å². The van der Waals surface area contributed by atoms with Crippen LogP contribution in [-0.4, -0.2) is 21.6 Å². The largest absolute Gasteiger partial charge is 0.508 e. The molecule has 2 aromatic carbocycles. The minimum atomic E-state index is -0.545. The van der Waals surface area contributed by atoms with Crippen molar-refractivity contribution in [2.24, 2.45) is 0 Å². The van der Waals surface area contributed by atoms with E-state index in [2.05, 4.69) is 0 Å². The monoisotopic (exact) mass is 322 g/mol. The third kappa shape index (κ3) is 3.18. The lowest BCUT2D eigenvalue weighted by atomic mass is 9.97. The summed E-state index contributed by atoms with van der Waals surface area (Å²) >= 11 is 0. The first kappa shape index (κ1) is 15.9. The van der Waals surface area contributed by atoms with Crippen LogP contribution in [-0.2, 0) is 0 Å². The van der Waals surface area contributed by atoms with Gasteiger partial charge in [-0.3, -0.25) is 4.79 Å². The van der Waals surface area contributed by atoms with E-state index in [0.29, 0.717) is 5.75 Å². The second kappa shape index (κ2) is 5.89. The van der Waals surface area contributed by atoms with Gasteiger partial charge < -0.3 is 14.9 Å². The Kier molecular flexibility index (Phi) is 3.89. The molecule has 0 saturated heterocycles. The number of fused-ring (bicyclic) bond motifs is 1. The molecule has 0 amide bonds. The lowest BCUT2D eigenvalue weighted by Crippen LogP contribution is -2.28. The van der Waals surface area contributed by atoms with Gasteiger partial charge in [-0.1, -0.05) is 24.3 Å². The molecule has 0 spiro atoms. The molecule has 0 atom stereocenters. The fraction of sp³-hybridized carbons (Fsp3) is 0.150. The second-order valence-corrected chi connectivity index (χ2v) is 6.21. The Hall–Kier alpha value is -3.01. The van der Waals surface area contributed by atoms with Gasteiger partial charge in [-0.2, -0.15) is 0 Å². The van der Waals surface area contributed by atoms with E-state index in [1.54, 1.807) is 36.4 Å². The van der Waals surface area contributed by atoms with Gasteiger partial charge in [0.15, 0.2) is 5.78 Å². The van der Waals surface area contributed by atoms with Crippen molar-refractivity contribution >= 4 is 17.9 Å². The number of phenolic OH excluding ortho intramolecular Hbond substituents is 2. The van der Waals surface area contributed by atoms with Crippen LogP contribution in [0.3, 0.4) is 0 Å². The molecule has 0 radical (unpaired) electrons. The summed E-state index contributed by atoms with van der Waals surface area (Å²) in [4.78, 5) is 12.6. The fourth-order valence-electron chi connectivity index (χ4n) is 2.50. The predicted molar refractivity (Wildman–Crippen MR) is 93.3 cm³/mol. The minimum Gasteiger partial charge on any atom is -0.508 e. The van der Waals surface area contributed by atoms with Crippen LogP contribution in [0.1, 0.15) is 35.3 Å². The van der Waals surface area contributed by atoms with Gasteiger partial charge in [0.2, 0.25) is 0 Å². The van der Waals surface area contributed by atoms with Crippen LogP contribution < -0.4 is 4.74 Å². The molecule has 122 valence electrons. The van der Waals surface area contributed by atoms with Crippen molar-refractivity contribution in [2.45, 2.75) is 19.4 Å². The van der Waals surface area contributed by atoms with Crippen LogP contribution >= 0.6 is 0 Å². The van der Waals surface area contributed by atoms with Crippen molar-refractivity contribution in [3.8, 4) is 17.2 Å². The summed E-state index contributed by atoms with van der Waals surface area (Å²) in [5.74, 6) is 0.0993. The van der Waals surface area contributed by atoms with E-state index in [4.69, 9.17) is 4.74 Å². The maximum absolute atomic E-state index is 12.6. The summed E-state index contributed by atoms with van der Waals surface area (Å²) < 4.78 is 5.89. The summed E-state index contributed by atoms with van der Waals surface area (Å²) in [7, 11) is 0. The second-order valence-electron chi connectivity index (χ2n) is 6.21. The highest BCUT2D eigenvalue weighted by molar-refractivity contribution is 6.11. The highest BCUT2D eigenvalue weighted by Gasteiger charge is 2.27.